The van der Waals surface area contributed by atoms with Gasteiger partial charge in [-0.05, 0) is 18.2 Å². The Morgan fingerprint density at radius 3 is 2.16 bits per heavy atom. The molecule has 0 bridgehead atoms. The van der Waals surface area contributed by atoms with Crippen LogP contribution in [0.25, 0.3) is 0 Å². The average Bonchev–Trinajstić information content (AvgIpc) is 2.54. The molecule has 0 aromatic carbocycles. The molecule has 5 unspecified atom stereocenters. The van der Waals surface area contributed by atoms with Gasteiger partial charge in [-0.3, -0.25) is 0 Å². The van der Waals surface area contributed by atoms with Gasteiger partial charge in [0.2, 0.25) is 0 Å². The molecule has 0 aliphatic carbocycles. The summed E-state index contributed by atoms with van der Waals surface area (Å²) in [4.78, 5) is 4.92. The minimum absolute atomic E-state index is 0.149. The van der Waals surface area contributed by atoms with Crippen LogP contribution in [0.1, 0.15) is 32.6 Å². The van der Waals surface area contributed by atoms with Gasteiger partial charge in [0.25, 0.3) is 0 Å². The van der Waals surface area contributed by atoms with Crippen LogP contribution in [0.3, 0.4) is 0 Å². The number of halogens is 3. The van der Waals surface area contributed by atoms with Crippen molar-refractivity contribution in [3.63, 3.8) is 0 Å². The molecular formula is C14H28F3NO6S. The van der Waals surface area contributed by atoms with Crippen LogP contribution < -0.4 is 5.48 Å². The molecule has 0 radical (unpaired) electrons. The van der Waals surface area contributed by atoms with Crippen molar-refractivity contribution < 1.29 is 43.5 Å². The van der Waals surface area contributed by atoms with Gasteiger partial charge in [0.1, 0.15) is 18.3 Å². The van der Waals surface area contributed by atoms with Crippen LogP contribution in [-0.2, 0) is 4.84 Å². The lowest BCUT2D eigenvalue weighted by Crippen LogP contribution is -2.49. The number of thioether (sulfide) groups is 1. The Bertz CT molecular complexity index is 340. The van der Waals surface area contributed by atoms with Crippen LogP contribution in [-0.4, -0.2) is 80.5 Å². The molecule has 0 aromatic heterocycles. The van der Waals surface area contributed by atoms with Crippen LogP contribution in [0.15, 0.2) is 0 Å². The number of nitrogens with one attached hydrogen (secondary N) is 1. The number of rotatable bonds is 14. The quantitative estimate of drug-likeness (QED) is 0.181. The molecule has 5 atom stereocenters. The molecule has 0 aliphatic rings. The number of hydrogen-bond donors (Lipinski definition) is 6. The summed E-state index contributed by atoms with van der Waals surface area (Å²) in [6.07, 6.45) is -4.05. The summed E-state index contributed by atoms with van der Waals surface area (Å²) < 4.78 is 37.5. The maximum absolute atomic E-state index is 12.5. The highest BCUT2D eigenvalue weighted by atomic mass is 32.2. The highest BCUT2D eigenvalue weighted by Gasteiger charge is 2.33. The Kier molecular flexibility index (Phi) is 13.0. The van der Waals surface area contributed by atoms with Gasteiger partial charge in [0, 0.05) is 11.8 Å². The van der Waals surface area contributed by atoms with Crippen LogP contribution >= 0.6 is 11.8 Å². The molecule has 0 saturated carbocycles. The average molecular weight is 395 g/mol. The van der Waals surface area contributed by atoms with E-state index in [0.717, 1.165) is 12.8 Å². The standard InChI is InChI=1S/C14H28F3NO6S/c1-2-3-4-5-9(25-14(15,16)17)8-24-18-6-10(20)12(22)13(23)11(21)7-19/h9-13,18-23H,2-8H2,1H3. The van der Waals surface area contributed by atoms with Crippen LogP contribution in [0.5, 0.6) is 0 Å². The molecule has 7 nitrogen and oxygen atoms in total. The van der Waals surface area contributed by atoms with E-state index in [1.807, 2.05) is 6.92 Å². The topological polar surface area (TPSA) is 122 Å². The maximum Gasteiger partial charge on any atom is 0.442 e. The number of alkyl halides is 3. The molecule has 11 heteroatoms. The van der Waals surface area contributed by atoms with Crippen LogP contribution in [0, 0.1) is 0 Å². The zero-order chi connectivity index (χ0) is 19.5. The first-order valence-electron chi connectivity index (χ1n) is 8.04. The van der Waals surface area contributed by atoms with E-state index in [1.54, 1.807) is 0 Å². The summed E-state index contributed by atoms with van der Waals surface area (Å²) in [6.45, 7) is 0.509. The second-order valence-electron chi connectivity index (χ2n) is 5.64. The fourth-order valence-electron chi connectivity index (χ4n) is 1.97. The summed E-state index contributed by atoms with van der Waals surface area (Å²) >= 11 is -0.149. The summed E-state index contributed by atoms with van der Waals surface area (Å²) in [6, 6.07) is 0. The third kappa shape index (κ3) is 12.0. The Balaban J connectivity index is 4.21. The van der Waals surface area contributed by atoms with Crippen molar-refractivity contribution in [2.45, 2.75) is 67.8 Å². The molecule has 0 aromatic rings. The minimum Gasteiger partial charge on any atom is -0.394 e. The Hall–Kier alpha value is -0.140. The molecule has 0 aliphatic heterocycles. The normalized spacial score (nSPS) is 18.6. The third-order valence-electron chi connectivity index (χ3n) is 3.42. The molecule has 6 N–H and O–H groups in total. The lowest BCUT2D eigenvalue weighted by atomic mass is 10.0. The van der Waals surface area contributed by atoms with Gasteiger partial charge >= 0.3 is 5.51 Å². The lowest BCUT2D eigenvalue weighted by molar-refractivity contribution is -0.121. The zero-order valence-electron chi connectivity index (χ0n) is 14.0. The summed E-state index contributed by atoms with van der Waals surface area (Å²) in [7, 11) is 0. The predicted molar refractivity (Wildman–Crippen MR) is 86.6 cm³/mol. The Morgan fingerprint density at radius 2 is 1.64 bits per heavy atom. The van der Waals surface area contributed by atoms with Gasteiger partial charge in [-0.15, -0.1) is 0 Å². The fourth-order valence-corrected chi connectivity index (χ4v) is 2.77. The van der Waals surface area contributed by atoms with Crippen molar-refractivity contribution in [2.24, 2.45) is 0 Å². The molecule has 0 heterocycles. The maximum atomic E-state index is 12.5. The molecule has 25 heavy (non-hydrogen) atoms. The molecule has 0 saturated heterocycles. The van der Waals surface area contributed by atoms with Crippen molar-refractivity contribution in [2.75, 3.05) is 19.8 Å². The van der Waals surface area contributed by atoms with E-state index in [0.29, 0.717) is 12.8 Å². The SMILES string of the molecule is CCCCCC(CONCC(O)C(O)C(O)C(O)CO)SC(F)(F)F. The monoisotopic (exact) mass is 395 g/mol. The van der Waals surface area contributed by atoms with Gasteiger partial charge in [-0.2, -0.15) is 18.7 Å². The van der Waals surface area contributed by atoms with Gasteiger partial charge in [-0.1, -0.05) is 26.2 Å². The van der Waals surface area contributed by atoms with E-state index >= 15 is 0 Å². The fraction of sp³-hybridized carbons (Fsp3) is 1.00. The van der Waals surface area contributed by atoms with E-state index in [1.165, 1.54) is 0 Å². The number of aliphatic hydroxyl groups excluding tert-OH is 5. The molecule has 152 valence electrons. The highest BCUT2D eigenvalue weighted by Crippen LogP contribution is 2.36. The molecular weight excluding hydrogens is 367 g/mol. The van der Waals surface area contributed by atoms with Gasteiger partial charge in [0.05, 0.1) is 19.3 Å². The highest BCUT2D eigenvalue weighted by molar-refractivity contribution is 8.00. The first-order chi connectivity index (χ1) is 11.6. The molecule has 0 amide bonds. The first kappa shape index (κ1) is 24.9. The minimum atomic E-state index is -4.37. The van der Waals surface area contributed by atoms with E-state index in [4.69, 9.17) is 15.1 Å². The van der Waals surface area contributed by atoms with E-state index in [-0.39, 0.29) is 24.9 Å². The van der Waals surface area contributed by atoms with Crippen molar-refractivity contribution in [1.29, 1.82) is 0 Å². The first-order valence-corrected chi connectivity index (χ1v) is 8.92. The predicted octanol–water partition coefficient (Wildman–Crippen LogP) is 0.145. The number of unbranched alkanes of at least 4 members (excludes halogenated alkanes) is 2. The summed E-state index contributed by atoms with van der Waals surface area (Å²) in [5, 5.41) is 45.7. The summed E-state index contributed by atoms with van der Waals surface area (Å²) in [5.74, 6) is 0. The largest absolute Gasteiger partial charge is 0.442 e. The zero-order valence-corrected chi connectivity index (χ0v) is 14.8. The number of aliphatic hydroxyl groups is 5. The van der Waals surface area contributed by atoms with Gasteiger partial charge < -0.3 is 30.4 Å². The van der Waals surface area contributed by atoms with Crippen molar-refractivity contribution in [3.05, 3.63) is 0 Å². The molecule has 0 spiro atoms. The van der Waals surface area contributed by atoms with Crippen LogP contribution in [0.4, 0.5) is 13.2 Å². The Morgan fingerprint density at radius 1 is 1.04 bits per heavy atom. The van der Waals surface area contributed by atoms with Crippen molar-refractivity contribution in [3.8, 4) is 0 Å². The lowest BCUT2D eigenvalue weighted by Gasteiger charge is -2.26. The summed E-state index contributed by atoms with van der Waals surface area (Å²) in [5.41, 5.74) is -2.14. The van der Waals surface area contributed by atoms with E-state index in [9.17, 15) is 28.5 Å². The van der Waals surface area contributed by atoms with E-state index < -0.39 is 41.8 Å². The van der Waals surface area contributed by atoms with Crippen molar-refractivity contribution >= 4 is 11.8 Å². The second kappa shape index (κ2) is 13.1. The Labute approximate surface area is 149 Å². The smallest absolute Gasteiger partial charge is 0.394 e. The number of hydroxylamine groups is 1. The second-order valence-corrected chi connectivity index (χ2v) is 7.00. The number of hydrogen-bond acceptors (Lipinski definition) is 8. The van der Waals surface area contributed by atoms with Gasteiger partial charge in [-0.25, -0.2) is 0 Å². The van der Waals surface area contributed by atoms with Crippen LogP contribution in [0.2, 0.25) is 0 Å². The van der Waals surface area contributed by atoms with E-state index in [2.05, 4.69) is 5.48 Å². The molecule has 0 fully saturated rings. The molecule has 0 rings (SSSR count). The van der Waals surface area contributed by atoms with Crippen molar-refractivity contribution in [1.82, 2.24) is 5.48 Å². The third-order valence-corrected chi connectivity index (χ3v) is 4.39. The van der Waals surface area contributed by atoms with Gasteiger partial charge in [0.15, 0.2) is 0 Å².